The number of methoxy groups -OCH3 is 1. The lowest BCUT2D eigenvalue weighted by atomic mass is 10.1. The van der Waals surface area contributed by atoms with Gasteiger partial charge in [-0.1, -0.05) is 60.7 Å². The van der Waals surface area contributed by atoms with Crippen molar-refractivity contribution in [1.29, 1.82) is 0 Å². The molecule has 0 atom stereocenters. The van der Waals surface area contributed by atoms with Crippen LogP contribution in [-0.4, -0.2) is 28.2 Å². The molecule has 3 aromatic carbocycles. The number of fused-ring (bicyclic) bond motifs is 1. The average molecular weight is 453 g/mol. The Kier molecular flexibility index (Phi) is 6.14. The molecule has 6 nitrogen and oxygen atoms in total. The summed E-state index contributed by atoms with van der Waals surface area (Å²) in [6.07, 6.45) is 0.572. The topological polar surface area (TPSA) is 50.6 Å². The quantitative estimate of drug-likeness (QED) is 0.424. The van der Waals surface area contributed by atoms with Crippen LogP contribution in [0.5, 0.6) is 5.75 Å². The normalized spacial score (nSPS) is 13.5. The SMILES string of the molecule is COc1ccc(CN2CN(c3ccccc3)c3nc(C)c(Cc4ccccc4)c(=O)n3C2)cc1. The summed E-state index contributed by atoms with van der Waals surface area (Å²) >= 11 is 0. The Morgan fingerprint density at radius 2 is 1.53 bits per heavy atom. The molecule has 172 valence electrons. The highest BCUT2D eigenvalue weighted by Crippen LogP contribution is 2.28. The van der Waals surface area contributed by atoms with Crippen LogP contribution < -0.4 is 15.2 Å². The third kappa shape index (κ3) is 4.45. The number of benzene rings is 3. The van der Waals surface area contributed by atoms with E-state index in [0.29, 0.717) is 32.3 Å². The van der Waals surface area contributed by atoms with E-state index in [1.165, 1.54) is 0 Å². The van der Waals surface area contributed by atoms with E-state index >= 15 is 0 Å². The molecular formula is C28H28N4O2. The van der Waals surface area contributed by atoms with Gasteiger partial charge in [-0.25, -0.2) is 4.98 Å². The standard InChI is InChI=1S/C28H28N4O2/c1-21-26(17-22-9-5-3-6-10-22)27(33)32-20-30(18-23-13-15-25(34-2)16-14-23)19-31(28(32)29-21)24-11-7-4-8-12-24/h3-16H,17-20H2,1-2H3. The third-order valence-electron chi connectivity index (χ3n) is 6.23. The number of hydrogen-bond donors (Lipinski definition) is 0. The zero-order valence-electron chi connectivity index (χ0n) is 19.5. The van der Waals surface area contributed by atoms with E-state index in [1.807, 2.05) is 60.0 Å². The average Bonchev–Trinajstić information content (AvgIpc) is 2.88. The molecule has 4 aromatic rings. The molecule has 5 rings (SSSR count). The Hall–Kier alpha value is -3.90. The molecular weight excluding hydrogens is 424 g/mol. The van der Waals surface area contributed by atoms with Crippen LogP contribution in [0.1, 0.15) is 22.4 Å². The zero-order valence-corrected chi connectivity index (χ0v) is 19.5. The maximum absolute atomic E-state index is 13.8. The van der Waals surface area contributed by atoms with E-state index in [-0.39, 0.29) is 5.56 Å². The van der Waals surface area contributed by atoms with Gasteiger partial charge in [-0.05, 0) is 42.3 Å². The minimum Gasteiger partial charge on any atom is -0.497 e. The first kappa shape index (κ1) is 21.9. The van der Waals surface area contributed by atoms with Gasteiger partial charge in [0.25, 0.3) is 5.56 Å². The lowest BCUT2D eigenvalue weighted by molar-refractivity contribution is 0.189. The molecule has 0 bridgehead atoms. The fourth-order valence-corrected chi connectivity index (χ4v) is 4.43. The van der Waals surface area contributed by atoms with E-state index < -0.39 is 0 Å². The fourth-order valence-electron chi connectivity index (χ4n) is 4.43. The van der Waals surface area contributed by atoms with E-state index in [0.717, 1.165) is 33.8 Å². The molecule has 2 heterocycles. The molecule has 0 fully saturated rings. The second kappa shape index (κ2) is 9.53. The molecule has 0 spiro atoms. The minimum absolute atomic E-state index is 0.0201. The summed E-state index contributed by atoms with van der Waals surface area (Å²) in [4.78, 5) is 23.1. The van der Waals surface area contributed by atoms with Crippen LogP contribution in [-0.2, 0) is 19.6 Å². The van der Waals surface area contributed by atoms with Crippen LogP contribution in [0.25, 0.3) is 0 Å². The van der Waals surface area contributed by atoms with Gasteiger partial charge in [0.05, 0.1) is 26.1 Å². The van der Waals surface area contributed by atoms with Crippen molar-refractivity contribution >= 4 is 11.6 Å². The molecule has 1 aliphatic rings. The summed E-state index contributed by atoms with van der Waals surface area (Å²) in [5.74, 6) is 1.52. The first-order valence-electron chi connectivity index (χ1n) is 11.4. The van der Waals surface area contributed by atoms with Gasteiger partial charge in [0.15, 0.2) is 0 Å². The smallest absolute Gasteiger partial charge is 0.259 e. The number of aromatic nitrogens is 2. The monoisotopic (exact) mass is 452 g/mol. The zero-order chi connectivity index (χ0) is 23.5. The summed E-state index contributed by atoms with van der Waals surface area (Å²) in [5.41, 5.74) is 4.83. The molecule has 6 heteroatoms. The van der Waals surface area contributed by atoms with Crippen molar-refractivity contribution in [2.75, 3.05) is 18.7 Å². The van der Waals surface area contributed by atoms with Crippen molar-refractivity contribution in [3.8, 4) is 5.75 Å². The first-order chi connectivity index (χ1) is 16.6. The second-order valence-corrected chi connectivity index (χ2v) is 8.59. The van der Waals surface area contributed by atoms with Gasteiger partial charge in [0.1, 0.15) is 5.75 Å². The molecule has 34 heavy (non-hydrogen) atoms. The van der Waals surface area contributed by atoms with Crippen LogP contribution in [0.15, 0.2) is 89.7 Å². The summed E-state index contributed by atoms with van der Waals surface area (Å²) in [6.45, 7) is 3.77. The van der Waals surface area contributed by atoms with Crippen molar-refractivity contribution in [2.24, 2.45) is 0 Å². The van der Waals surface area contributed by atoms with Gasteiger partial charge in [0, 0.05) is 24.2 Å². The largest absolute Gasteiger partial charge is 0.497 e. The number of hydrogen-bond acceptors (Lipinski definition) is 5. The molecule has 0 aliphatic carbocycles. The van der Waals surface area contributed by atoms with Crippen LogP contribution in [0.4, 0.5) is 11.6 Å². The highest BCUT2D eigenvalue weighted by Gasteiger charge is 2.28. The fraction of sp³-hybridized carbons (Fsp3) is 0.214. The van der Waals surface area contributed by atoms with Crippen molar-refractivity contribution in [3.63, 3.8) is 0 Å². The minimum atomic E-state index is 0.0201. The predicted octanol–water partition coefficient (Wildman–Crippen LogP) is 4.72. The van der Waals surface area contributed by atoms with E-state index in [1.54, 1.807) is 7.11 Å². The Labute approximate surface area is 199 Å². The van der Waals surface area contributed by atoms with Gasteiger partial charge < -0.3 is 4.74 Å². The summed E-state index contributed by atoms with van der Waals surface area (Å²) in [5, 5.41) is 0. The molecule has 0 saturated carbocycles. The summed E-state index contributed by atoms with van der Waals surface area (Å²) in [7, 11) is 1.67. The number of aryl methyl sites for hydroxylation is 1. The van der Waals surface area contributed by atoms with E-state index in [9.17, 15) is 4.79 Å². The van der Waals surface area contributed by atoms with Crippen molar-refractivity contribution < 1.29 is 4.74 Å². The number of anilines is 2. The molecule has 0 unspecified atom stereocenters. The Morgan fingerprint density at radius 1 is 0.853 bits per heavy atom. The first-order valence-corrected chi connectivity index (χ1v) is 11.4. The van der Waals surface area contributed by atoms with Gasteiger partial charge in [0.2, 0.25) is 5.95 Å². The second-order valence-electron chi connectivity index (χ2n) is 8.59. The van der Waals surface area contributed by atoms with Crippen LogP contribution in [0.3, 0.4) is 0 Å². The predicted molar refractivity (Wildman–Crippen MR) is 134 cm³/mol. The Morgan fingerprint density at radius 3 is 2.21 bits per heavy atom. The maximum atomic E-state index is 13.8. The number of rotatable bonds is 6. The highest BCUT2D eigenvalue weighted by atomic mass is 16.5. The van der Waals surface area contributed by atoms with Gasteiger partial charge in [-0.15, -0.1) is 0 Å². The molecule has 0 amide bonds. The van der Waals surface area contributed by atoms with Crippen molar-refractivity contribution in [3.05, 3.63) is 118 Å². The van der Waals surface area contributed by atoms with Crippen LogP contribution in [0.2, 0.25) is 0 Å². The molecule has 1 aliphatic heterocycles. The van der Waals surface area contributed by atoms with Gasteiger partial charge in [-0.2, -0.15) is 0 Å². The Balaban J connectivity index is 1.54. The van der Waals surface area contributed by atoms with E-state index in [4.69, 9.17) is 9.72 Å². The molecule has 0 radical (unpaired) electrons. The third-order valence-corrected chi connectivity index (χ3v) is 6.23. The summed E-state index contributed by atoms with van der Waals surface area (Å²) < 4.78 is 7.10. The summed E-state index contributed by atoms with van der Waals surface area (Å²) in [6, 6.07) is 28.3. The van der Waals surface area contributed by atoms with Crippen LogP contribution >= 0.6 is 0 Å². The Bertz CT molecular complexity index is 1320. The lowest BCUT2D eigenvalue weighted by Crippen LogP contribution is -2.47. The molecule has 0 saturated heterocycles. The number of ether oxygens (including phenoxy) is 1. The number of nitrogens with zero attached hydrogens (tertiary/aromatic N) is 4. The maximum Gasteiger partial charge on any atom is 0.259 e. The van der Waals surface area contributed by atoms with Gasteiger partial charge >= 0.3 is 0 Å². The highest BCUT2D eigenvalue weighted by molar-refractivity contribution is 5.58. The number of para-hydroxylation sites is 1. The van der Waals surface area contributed by atoms with Gasteiger partial charge in [-0.3, -0.25) is 19.2 Å². The van der Waals surface area contributed by atoms with E-state index in [2.05, 4.69) is 46.2 Å². The lowest BCUT2D eigenvalue weighted by Gasteiger charge is -2.38. The molecule has 1 aromatic heterocycles. The molecule has 0 N–H and O–H groups in total. The van der Waals surface area contributed by atoms with Crippen molar-refractivity contribution in [1.82, 2.24) is 14.5 Å². The van der Waals surface area contributed by atoms with Crippen molar-refractivity contribution in [2.45, 2.75) is 26.6 Å². The van der Waals surface area contributed by atoms with Crippen LogP contribution in [0, 0.1) is 6.92 Å².